The normalized spacial score (nSPS) is 19.7. The first-order valence-electron chi connectivity index (χ1n) is 5.59. The van der Waals surface area contributed by atoms with Crippen molar-refractivity contribution in [1.29, 1.82) is 0 Å². The molecule has 0 fully saturated rings. The van der Waals surface area contributed by atoms with Crippen LogP contribution in [-0.2, 0) is 6.54 Å². The van der Waals surface area contributed by atoms with Gasteiger partial charge < -0.3 is 16.0 Å². The van der Waals surface area contributed by atoms with Crippen molar-refractivity contribution >= 4 is 11.4 Å². The highest BCUT2D eigenvalue weighted by molar-refractivity contribution is 5.73. The van der Waals surface area contributed by atoms with E-state index in [4.69, 9.17) is 5.73 Å². The van der Waals surface area contributed by atoms with Gasteiger partial charge in [0.1, 0.15) is 0 Å². The molecule has 3 heteroatoms. The van der Waals surface area contributed by atoms with Crippen molar-refractivity contribution in [2.45, 2.75) is 26.4 Å². The number of likely N-dealkylation sites (N-methyl/N-ethyl adjacent to an activating group) is 1. The van der Waals surface area contributed by atoms with Crippen LogP contribution in [0.15, 0.2) is 18.2 Å². The van der Waals surface area contributed by atoms with Crippen molar-refractivity contribution in [2.75, 3.05) is 23.3 Å². The van der Waals surface area contributed by atoms with Gasteiger partial charge in [0.2, 0.25) is 0 Å². The van der Waals surface area contributed by atoms with E-state index < -0.39 is 0 Å². The molecule has 1 atom stereocenters. The first-order valence-corrected chi connectivity index (χ1v) is 5.59. The van der Waals surface area contributed by atoms with Gasteiger partial charge in [0.05, 0.1) is 11.4 Å². The Bertz CT molecular complexity index is 349. The van der Waals surface area contributed by atoms with Gasteiger partial charge in [-0.2, -0.15) is 0 Å². The molecule has 3 nitrogen and oxygen atoms in total. The van der Waals surface area contributed by atoms with E-state index in [2.05, 4.69) is 42.3 Å². The quantitative estimate of drug-likeness (QED) is 0.773. The Morgan fingerprint density at radius 1 is 1.53 bits per heavy atom. The van der Waals surface area contributed by atoms with E-state index in [0.717, 1.165) is 13.1 Å². The van der Waals surface area contributed by atoms with Crippen molar-refractivity contribution in [3.05, 3.63) is 23.8 Å². The number of rotatable bonds is 2. The maximum atomic E-state index is 5.64. The van der Waals surface area contributed by atoms with E-state index in [1.54, 1.807) is 0 Å². The Morgan fingerprint density at radius 3 is 3.00 bits per heavy atom. The number of hydrogen-bond donors (Lipinski definition) is 2. The predicted octanol–water partition coefficient (Wildman–Crippen LogP) is 1.79. The van der Waals surface area contributed by atoms with Gasteiger partial charge in [-0.15, -0.1) is 0 Å². The zero-order valence-corrected chi connectivity index (χ0v) is 9.46. The highest BCUT2D eigenvalue weighted by atomic mass is 15.2. The smallest absolute Gasteiger partial charge is 0.0605 e. The van der Waals surface area contributed by atoms with Crippen LogP contribution in [0.4, 0.5) is 11.4 Å². The van der Waals surface area contributed by atoms with Gasteiger partial charge in [0, 0.05) is 25.7 Å². The van der Waals surface area contributed by atoms with Gasteiger partial charge in [-0.3, -0.25) is 0 Å². The predicted molar refractivity (Wildman–Crippen MR) is 65.3 cm³/mol. The lowest BCUT2D eigenvalue weighted by Crippen LogP contribution is -2.41. The molecule has 0 amide bonds. The van der Waals surface area contributed by atoms with Gasteiger partial charge in [-0.25, -0.2) is 0 Å². The molecule has 1 aliphatic rings. The number of nitrogens with one attached hydrogen (secondary N) is 1. The van der Waals surface area contributed by atoms with Gasteiger partial charge >= 0.3 is 0 Å². The van der Waals surface area contributed by atoms with Crippen LogP contribution < -0.4 is 16.0 Å². The number of hydrogen-bond acceptors (Lipinski definition) is 3. The molecular weight excluding hydrogens is 186 g/mol. The Morgan fingerprint density at radius 2 is 2.33 bits per heavy atom. The molecule has 1 aromatic carbocycles. The Balaban J connectivity index is 2.38. The number of fused-ring (bicyclic) bond motifs is 1. The van der Waals surface area contributed by atoms with Crippen molar-refractivity contribution in [1.82, 2.24) is 0 Å². The van der Waals surface area contributed by atoms with Gasteiger partial charge in [0.15, 0.2) is 0 Å². The highest BCUT2D eigenvalue weighted by Crippen LogP contribution is 2.31. The second-order valence-electron chi connectivity index (χ2n) is 4.07. The van der Waals surface area contributed by atoms with Crippen molar-refractivity contribution in [3.8, 4) is 0 Å². The van der Waals surface area contributed by atoms with Crippen LogP contribution in [0.5, 0.6) is 0 Å². The Hall–Kier alpha value is -1.22. The molecule has 0 spiro atoms. The maximum Gasteiger partial charge on any atom is 0.0605 e. The summed E-state index contributed by atoms with van der Waals surface area (Å²) in [6.07, 6.45) is 0. The summed E-state index contributed by atoms with van der Waals surface area (Å²) >= 11 is 0. The lowest BCUT2D eigenvalue weighted by atomic mass is 10.1. The molecular formula is C12H19N3. The topological polar surface area (TPSA) is 41.3 Å². The number of anilines is 2. The summed E-state index contributed by atoms with van der Waals surface area (Å²) in [6.45, 7) is 7.11. The zero-order valence-electron chi connectivity index (χ0n) is 9.46. The summed E-state index contributed by atoms with van der Waals surface area (Å²) in [5.74, 6) is 0. The van der Waals surface area contributed by atoms with Crippen molar-refractivity contribution in [3.63, 3.8) is 0 Å². The molecule has 1 aliphatic heterocycles. The minimum Gasteiger partial charge on any atom is -0.381 e. The van der Waals surface area contributed by atoms with Gasteiger partial charge in [-0.1, -0.05) is 6.07 Å². The third-order valence-electron chi connectivity index (χ3n) is 3.07. The number of nitrogens with zero attached hydrogens (tertiary/aromatic N) is 1. The molecule has 0 saturated heterocycles. The molecule has 3 N–H and O–H groups in total. The van der Waals surface area contributed by atoms with Crippen LogP contribution in [0, 0.1) is 0 Å². The van der Waals surface area contributed by atoms with Crippen LogP contribution in [0.2, 0.25) is 0 Å². The highest BCUT2D eigenvalue weighted by Gasteiger charge is 2.20. The largest absolute Gasteiger partial charge is 0.381 e. The molecule has 82 valence electrons. The summed E-state index contributed by atoms with van der Waals surface area (Å²) < 4.78 is 0. The van der Waals surface area contributed by atoms with E-state index in [9.17, 15) is 0 Å². The van der Waals surface area contributed by atoms with E-state index in [1.807, 2.05) is 0 Å². The van der Waals surface area contributed by atoms with Crippen LogP contribution in [0.3, 0.4) is 0 Å². The zero-order chi connectivity index (χ0) is 10.8. The summed E-state index contributed by atoms with van der Waals surface area (Å²) in [7, 11) is 0. The maximum absolute atomic E-state index is 5.64. The first-order chi connectivity index (χ1) is 7.26. The summed E-state index contributed by atoms with van der Waals surface area (Å²) in [4.78, 5) is 2.42. The second kappa shape index (κ2) is 4.11. The molecule has 0 aliphatic carbocycles. The lowest BCUT2D eigenvalue weighted by Gasteiger charge is -2.37. The molecule has 2 rings (SSSR count). The minimum atomic E-state index is 0.561. The molecule has 1 heterocycles. The fourth-order valence-corrected chi connectivity index (χ4v) is 2.19. The lowest BCUT2D eigenvalue weighted by molar-refractivity contribution is 0.659. The molecule has 0 aromatic heterocycles. The Kier molecular flexibility index (Phi) is 2.82. The average molecular weight is 205 g/mol. The fourth-order valence-electron chi connectivity index (χ4n) is 2.19. The summed E-state index contributed by atoms with van der Waals surface area (Å²) in [5.41, 5.74) is 9.34. The van der Waals surface area contributed by atoms with Crippen molar-refractivity contribution in [2.24, 2.45) is 5.73 Å². The minimum absolute atomic E-state index is 0.561. The molecule has 0 saturated carbocycles. The van der Waals surface area contributed by atoms with Crippen LogP contribution in [0.1, 0.15) is 19.4 Å². The van der Waals surface area contributed by atoms with Gasteiger partial charge in [0.25, 0.3) is 0 Å². The molecule has 0 radical (unpaired) electrons. The Labute approximate surface area is 91.3 Å². The average Bonchev–Trinajstić information content (AvgIpc) is 2.28. The van der Waals surface area contributed by atoms with Crippen LogP contribution in [0.25, 0.3) is 0 Å². The van der Waals surface area contributed by atoms with Gasteiger partial charge in [-0.05, 0) is 31.5 Å². The molecule has 0 bridgehead atoms. The van der Waals surface area contributed by atoms with Crippen LogP contribution >= 0.6 is 0 Å². The molecule has 15 heavy (non-hydrogen) atoms. The standard InChI is InChI=1S/C12H19N3/c1-3-15-9(2)8-14-11-6-10(7-13)4-5-12(11)15/h4-6,9,14H,3,7-8,13H2,1-2H3. The summed E-state index contributed by atoms with van der Waals surface area (Å²) in [6, 6.07) is 7.00. The second-order valence-corrected chi connectivity index (χ2v) is 4.07. The first kappa shape index (κ1) is 10.3. The molecule has 1 aromatic rings. The van der Waals surface area contributed by atoms with Crippen molar-refractivity contribution < 1.29 is 0 Å². The van der Waals surface area contributed by atoms with Crippen LogP contribution in [-0.4, -0.2) is 19.1 Å². The van der Waals surface area contributed by atoms with E-state index in [1.165, 1.54) is 16.9 Å². The molecule has 1 unspecified atom stereocenters. The number of benzene rings is 1. The van der Waals surface area contributed by atoms with E-state index >= 15 is 0 Å². The number of nitrogens with two attached hydrogens (primary N) is 1. The third-order valence-corrected chi connectivity index (χ3v) is 3.07. The third kappa shape index (κ3) is 1.79. The summed E-state index contributed by atoms with van der Waals surface area (Å²) in [5, 5.41) is 3.45. The monoisotopic (exact) mass is 205 g/mol. The van der Waals surface area contributed by atoms with E-state index in [0.29, 0.717) is 12.6 Å². The van der Waals surface area contributed by atoms with E-state index in [-0.39, 0.29) is 0 Å². The fraction of sp³-hybridized carbons (Fsp3) is 0.500. The SMILES string of the molecule is CCN1c2ccc(CN)cc2NCC1C.